The Bertz CT molecular complexity index is 429. The maximum absolute atomic E-state index is 12.6. The molecule has 1 N–H and O–H groups in total. The lowest BCUT2D eigenvalue weighted by Crippen LogP contribution is -2.11. The fourth-order valence-corrected chi connectivity index (χ4v) is 1.40. The van der Waals surface area contributed by atoms with Gasteiger partial charge >= 0.3 is 6.18 Å². The number of hydrogen-bond acceptors (Lipinski definition) is 1. The van der Waals surface area contributed by atoms with E-state index in [1.807, 2.05) is 0 Å². The van der Waals surface area contributed by atoms with E-state index in [9.17, 15) is 13.2 Å². The Hall–Kier alpha value is -1.34. The Balaban J connectivity index is 3.07. The van der Waals surface area contributed by atoms with E-state index in [1.54, 1.807) is 6.92 Å². The summed E-state index contributed by atoms with van der Waals surface area (Å²) < 4.78 is 37.8. The highest BCUT2D eigenvalue weighted by Crippen LogP contribution is 2.38. The summed E-state index contributed by atoms with van der Waals surface area (Å²) in [7, 11) is 0. The largest absolute Gasteiger partial charge is 0.418 e. The van der Waals surface area contributed by atoms with Crippen LogP contribution in [0, 0.1) is 11.8 Å². The second-order valence-electron chi connectivity index (χ2n) is 2.94. The summed E-state index contributed by atoms with van der Waals surface area (Å²) in [5.41, 5.74) is -0.905. The van der Waals surface area contributed by atoms with Crippen LogP contribution in [-0.4, -0.2) is 6.54 Å². The highest BCUT2D eigenvalue weighted by molar-refractivity contribution is 6.33. The molecule has 0 aromatic heterocycles. The van der Waals surface area contributed by atoms with Crippen LogP contribution in [0.4, 0.5) is 18.9 Å². The smallest absolute Gasteiger partial charge is 0.372 e. The summed E-state index contributed by atoms with van der Waals surface area (Å²) in [5.74, 6) is 5.19. The van der Waals surface area contributed by atoms with Gasteiger partial charge in [-0.25, -0.2) is 0 Å². The zero-order valence-corrected chi connectivity index (χ0v) is 9.21. The van der Waals surface area contributed by atoms with Crippen molar-refractivity contribution < 1.29 is 13.2 Å². The van der Waals surface area contributed by atoms with Crippen molar-refractivity contribution in [2.45, 2.75) is 13.1 Å². The number of halogens is 4. The zero-order valence-electron chi connectivity index (χ0n) is 8.45. The van der Waals surface area contributed by atoms with E-state index in [-0.39, 0.29) is 17.3 Å². The van der Waals surface area contributed by atoms with Crippen molar-refractivity contribution in [3.63, 3.8) is 0 Å². The molecule has 0 unspecified atom stereocenters. The van der Waals surface area contributed by atoms with Crippen molar-refractivity contribution in [1.29, 1.82) is 0 Å². The van der Waals surface area contributed by atoms with Crippen LogP contribution in [0.15, 0.2) is 18.2 Å². The van der Waals surface area contributed by atoms with Gasteiger partial charge < -0.3 is 5.32 Å². The second kappa shape index (κ2) is 5.13. The molecule has 0 aliphatic carbocycles. The van der Waals surface area contributed by atoms with Gasteiger partial charge in [0.1, 0.15) is 0 Å². The zero-order chi connectivity index (χ0) is 12.2. The van der Waals surface area contributed by atoms with Gasteiger partial charge in [0, 0.05) is 0 Å². The van der Waals surface area contributed by atoms with E-state index in [0.717, 1.165) is 6.07 Å². The highest BCUT2D eigenvalue weighted by Gasteiger charge is 2.34. The van der Waals surface area contributed by atoms with E-state index in [1.165, 1.54) is 12.1 Å². The number of hydrogen-bond donors (Lipinski definition) is 1. The molecule has 0 spiro atoms. The third kappa shape index (κ3) is 3.07. The average Bonchev–Trinajstić information content (AvgIpc) is 2.19. The predicted molar refractivity (Wildman–Crippen MR) is 58.4 cm³/mol. The van der Waals surface area contributed by atoms with Crippen molar-refractivity contribution in [3.05, 3.63) is 28.8 Å². The Kier molecular flexibility index (Phi) is 4.08. The Morgan fingerprint density at radius 1 is 1.38 bits per heavy atom. The van der Waals surface area contributed by atoms with Crippen LogP contribution < -0.4 is 5.32 Å². The van der Waals surface area contributed by atoms with Crippen LogP contribution in [-0.2, 0) is 6.18 Å². The summed E-state index contributed by atoms with van der Waals surface area (Å²) in [5, 5.41) is 2.60. The normalized spacial score (nSPS) is 10.6. The molecule has 0 aliphatic heterocycles. The van der Waals surface area contributed by atoms with E-state index in [4.69, 9.17) is 11.6 Å². The summed E-state index contributed by atoms with van der Waals surface area (Å²) in [6.07, 6.45) is -4.42. The number of para-hydroxylation sites is 1. The molecule has 1 aromatic rings. The maximum Gasteiger partial charge on any atom is 0.418 e. The molecule has 1 aromatic carbocycles. The highest BCUT2D eigenvalue weighted by atomic mass is 35.5. The summed E-state index contributed by atoms with van der Waals surface area (Å²) >= 11 is 5.70. The van der Waals surface area contributed by atoms with E-state index in [2.05, 4.69) is 17.2 Å². The summed E-state index contributed by atoms with van der Waals surface area (Å²) in [6, 6.07) is 3.65. The lowest BCUT2D eigenvalue weighted by Gasteiger charge is -2.14. The molecule has 16 heavy (non-hydrogen) atoms. The number of alkyl halides is 3. The molecular formula is C11H9ClF3N. The Labute approximate surface area is 96.6 Å². The van der Waals surface area contributed by atoms with Crippen LogP contribution in [0.3, 0.4) is 0 Å². The number of anilines is 1. The lowest BCUT2D eigenvalue weighted by molar-refractivity contribution is -0.136. The van der Waals surface area contributed by atoms with Crippen molar-refractivity contribution >= 4 is 17.3 Å². The van der Waals surface area contributed by atoms with Gasteiger partial charge in [0.25, 0.3) is 0 Å². The van der Waals surface area contributed by atoms with Crippen LogP contribution in [0.1, 0.15) is 12.5 Å². The molecule has 0 aliphatic rings. The Morgan fingerprint density at radius 3 is 2.62 bits per heavy atom. The van der Waals surface area contributed by atoms with E-state index < -0.39 is 11.7 Å². The molecule has 1 rings (SSSR count). The fraction of sp³-hybridized carbons (Fsp3) is 0.273. The van der Waals surface area contributed by atoms with Gasteiger partial charge in [0.15, 0.2) is 0 Å². The average molecular weight is 248 g/mol. The van der Waals surface area contributed by atoms with Gasteiger partial charge in [-0.05, 0) is 19.1 Å². The molecule has 0 radical (unpaired) electrons. The van der Waals surface area contributed by atoms with Gasteiger partial charge in [0.05, 0.1) is 22.8 Å². The first-order chi connectivity index (χ1) is 7.46. The molecule has 0 amide bonds. The van der Waals surface area contributed by atoms with E-state index in [0.29, 0.717) is 0 Å². The SMILES string of the molecule is CC#CCNc1c(Cl)cccc1C(F)(F)F. The van der Waals surface area contributed by atoms with Crippen molar-refractivity contribution in [2.75, 3.05) is 11.9 Å². The van der Waals surface area contributed by atoms with Gasteiger partial charge in [-0.2, -0.15) is 13.2 Å². The van der Waals surface area contributed by atoms with Crippen molar-refractivity contribution in [2.24, 2.45) is 0 Å². The van der Waals surface area contributed by atoms with Crippen LogP contribution >= 0.6 is 11.6 Å². The van der Waals surface area contributed by atoms with Crippen LogP contribution in [0.25, 0.3) is 0 Å². The number of rotatable bonds is 2. The minimum atomic E-state index is -4.42. The first-order valence-corrected chi connectivity index (χ1v) is 4.84. The third-order valence-electron chi connectivity index (χ3n) is 1.85. The minimum absolute atomic E-state index is 0.0349. The Morgan fingerprint density at radius 2 is 2.06 bits per heavy atom. The molecule has 0 heterocycles. The third-order valence-corrected chi connectivity index (χ3v) is 2.16. The van der Waals surface area contributed by atoms with Crippen LogP contribution in [0.5, 0.6) is 0 Å². The van der Waals surface area contributed by atoms with Crippen molar-refractivity contribution in [1.82, 2.24) is 0 Å². The lowest BCUT2D eigenvalue weighted by atomic mass is 10.1. The molecule has 0 bridgehead atoms. The van der Waals surface area contributed by atoms with Gasteiger partial charge in [0.2, 0.25) is 0 Å². The first-order valence-electron chi connectivity index (χ1n) is 4.46. The second-order valence-corrected chi connectivity index (χ2v) is 3.35. The summed E-state index contributed by atoms with van der Waals surface area (Å²) in [4.78, 5) is 0. The van der Waals surface area contributed by atoms with Crippen LogP contribution in [0.2, 0.25) is 5.02 Å². The number of benzene rings is 1. The molecule has 5 heteroatoms. The minimum Gasteiger partial charge on any atom is -0.372 e. The standard InChI is InChI=1S/C11H9ClF3N/c1-2-3-7-16-10-8(11(13,14)15)5-4-6-9(10)12/h4-6,16H,7H2,1H3. The van der Waals surface area contributed by atoms with Gasteiger partial charge in [-0.1, -0.05) is 23.6 Å². The molecule has 0 saturated heterocycles. The molecule has 1 nitrogen and oxygen atoms in total. The first kappa shape index (κ1) is 12.7. The summed E-state index contributed by atoms with van der Waals surface area (Å²) in [6.45, 7) is 1.74. The quantitative estimate of drug-likeness (QED) is 0.784. The van der Waals surface area contributed by atoms with Gasteiger partial charge in [-0.3, -0.25) is 0 Å². The molecule has 86 valence electrons. The van der Waals surface area contributed by atoms with E-state index >= 15 is 0 Å². The van der Waals surface area contributed by atoms with Crippen molar-refractivity contribution in [3.8, 4) is 11.8 Å². The number of nitrogens with one attached hydrogen (secondary N) is 1. The topological polar surface area (TPSA) is 12.0 Å². The maximum atomic E-state index is 12.6. The molecule has 0 atom stereocenters. The predicted octanol–water partition coefficient (Wildman–Crippen LogP) is 3.79. The molecule has 0 fully saturated rings. The van der Waals surface area contributed by atoms with Gasteiger partial charge in [-0.15, -0.1) is 5.92 Å². The fourth-order valence-electron chi connectivity index (χ4n) is 1.16. The monoisotopic (exact) mass is 247 g/mol. The molecular weight excluding hydrogens is 239 g/mol. The molecule has 0 saturated carbocycles.